The van der Waals surface area contributed by atoms with Crippen molar-refractivity contribution in [1.29, 1.82) is 5.26 Å². The molecule has 2 N–H and O–H groups in total. The van der Waals surface area contributed by atoms with Gasteiger partial charge in [-0.05, 0) is 49.8 Å². The van der Waals surface area contributed by atoms with Crippen LogP contribution in [0.1, 0.15) is 41.3 Å². The molecule has 0 spiro atoms. The van der Waals surface area contributed by atoms with Crippen LogP contribution in [0.5, 0.6) is 0 Å². The Morgan fingerprint density at radius 2 is 1.93 bits per heavy atom. The van der Waals surface area contributed by atoms with Crippen LogP contribution in [0.25, 0.3) is 6.08 Å². The smallest absolute Gasteiger partial charge is 0.308 e. The summed E-state index contributed by atoms with van der Waals surface area (Å²) in [5, 5.41) is 16.3. The minimum Gasteiger partial charge on any atom is -0.308 e. The summed E-state index contributed by atoms with van der Waals surface area (Å²) in [5.74, 6) is -1.71. The van der Waals surface area contributed by atoms with E-state index in [9.17, 15) is 14.9 Å². The van der Waals surface area contributed by atoms with Crippen molar-refractivity contribution in [2.75, 3.05) is 5.32 Å². The number of nitrogens with zero attached hydrogens (tertiary/aromatic N) is 2. The highest BCUT2D eigenvalue weighted by atomic mass is 32.1. The van der Waals surface area contributed by atoms with E-state index in [-0.39, 0.29) is 0 Å². The Morgan fingerprint density at radius 3 is 2.68 bits per heavy atom. The van der Waals surface area contributed by atoms with E-state index in [4.69, 9.17) is 0 Å². The molecule has 1 heterocycles. The maximum absolute atomic E-state index is 12.2. The first-order valence-electron chi connectivity index (χ1n) is 9.02. The number of benzene rings is 1. The zero-order valence-electron chi connectivity index (χ0n) is 15.5. The number of anilines is 1. The van der Waals surface area contributed by atoms with Crippen molar-refractivity contribution in [2.45, 2.75) is 32.6 Å². The predicted molar refractivity (Wildman–Crippen MR) is 111 cm³/mol. The molecule has 1 aliphatic carbocycles. The molecule has 0 unspecified atom stereocenters. The number of amides is 2. The highest BCUT2D eigenvalue weighted by Gasteiger charge is 2.23. The predicted octanol–water partition coefficient (Wildman–Crippen LogP) is 3.64. The van der Waals surface area contributed by atoms with Crippen molar-refractivity contribution in [1.82, 2.24) is 5.43 Å². The number of carbonyl (C=O) groups is 2. The third kappa shape index (κ3) is 4.72. The monoisotopic (exact) mass is 392 g/mol. The quantitative estimate of drug-likeness (QED) is 0.472. The summed E-state index contributed by atoms with van der Waals surface area (Å²) < 4.78 is 0. The van der Waals surface area contributed by atoms with Crippen molar-refractivity contribution >= 4 is 39.9 Å². The molecule has 1 aromatic carbocycles. The molecular weight excluding hydrogens is 372 g/mol. The number of nitriles is 1. The highest BCUT2D eigenvalue weighted by Crippen LogP contribution is 2.37. The zero-order chi connectivity index (χ0) is 19.9. The number of hydrogen-bond acceptors (Lipinski definition) is 5. The highest BCUT2D eigenvalue weighted by molar-refractivity contribution is 7.16. The summed E-state index contributed by atoms with van der Waals surface area (Å²) in [6.07, 6.45) is 7.48. The maximum atomic E-state index is 12.2. The number of fused-ring (bicyclic) bond motifs is 1. The molecular formula is C21H20N4O2S. The first kappa shape index (κ1) is 19.5. The molecule has 0 bridgehead atoms. The van der Waals surface area contributed by atoms with Crippen LogP contribution in [0.15, 0.2) is 41.5 Å². The molecule has 0 atom stereocenters. The van der Waals surface area contributed by atoms with Crippen molar-refractivity contribution in [3.8, 4) is 6.07 Å². The third-order valence-electron chi connectivity index (χ3n) is 4.37. The summed E-state index contributed by atoms with van der Waals surface area (Å²) >= 11 is 1.38. The van der Waals surface area contributed by atoms with Gasteiger partial charge in [0.15, 0.2) is 0 Å². The number of thiophene rings is 1. The van der Waals surface area contributed by atoms with E-state index in [2.05, 4.69) is 21.9 Å². The minimum absolute atomic E-state index is 0.444. The van der Waals surface area contributed by atoms with E-state index in [1.165, 1.54) is 11.3 Å². The molecule has 0 saturated heterocycles. The second-order valence-electron chi connectivity index (χ2n) is 6.42. The van der Waals surface area contributed by atoms with Crippen LogP contribution in [0.3, 0.4) is 0 Å². The summed E-state index contributed by atoms with van der Waals surface area (Å²) in [6.45, 7) is 1.72. The Balaban J connectivity index is 1.61. The first-order chi connectivity index (χ1) is 13.6. The fourth-order valence-electron chi connectivity index (χ4n) is 2.94. The van der Waals surface area contributed by atoms with Gasteiger partial charge in [0.2, 0.25) is 0 Å². The number of hydrazone groups is 1. The first-order valence-corrected chi connectivity index (χ1v) is 9.83. The van der Waals surface area contributed by atoms with E-state index in [0.717, 1.165) is 41.7 Å². The van der Waals surface area contributed by atoms with Gasteiger partial charge < -0.3 is 5.32 Å². The van der Waals surface area contributed by atoms with Gasteiger partial charge in [-0.3, -0.25) is 9.59 Å². The average molecular weight is 392 g/mol. The summed E-state index contributed by atoms with van der Waals surface area (Å²) in [7, 11) is 0. The Labute approximate surface area is 167 Å². The standard InChI is InChI=1S/C21H20N4O2S/c1-14(11-12-15-7-3-2-4-8-15)24-25-20(27)19(26)23-21-17(13-22)16-9-5-6-10-18(16)28-21/h2-4,7-8,11-12H,5-6,9-10H2,1H3,(H,23,26)(H,25,27). The van der Waals surface area contributed by atoms with Gasteiger partial charge in [0.25, 0.3) is 0 Å². The number of aryl methyl sites for hydroxylation is 1. The van der Waals surface area contributed by atoms with Gasteiger partial charge in [-0.2, -0.15) is 10.4 Å². The summed E-state index contributed by atoms with van der Waals surface area (Å²) in [5.41, 5.74) is 5.29. The Kier molecular flexibility index (Phi) is 6.35. The van der Waals surface area contributed by atoms with Crippen LogP contribution < -0.4 is 10.7 Å². The number of hydrogen-bond donors (Lipinski definition) is 2. The lowest BCUT2D eigenvalue weighted by atomic mass is 9.96. The van der Waals surface area contributed by atoms with E-state index in [0.29, 0.717) is 16.3 Å². The van der Waals surface area contributed by atoms with Gasteiger partial charge in [-0.15, -0.1) is 11.3 Å². The van der Waals surface area contributed by atoms with E-state index >= 15 is 0 Å². The Morgan fingerprint density at radius 1 is 1.18 bits per heavy atom. The fourth-order valence-corrected chi connectivity index (χ4v) is 4.17. The summed E-state index contributed by atoms with van der Waals surface area (Å²) in [6, 6.07) is 11.8. The van der Waals surface area contributed by atoms with Crippen LogP contribution in [0, 0.1) is 11.3 Å². The number of nitrogens with one attached hydrogen (secondary N) is 2. The van der Waals surface area contributed by atoms with E-state index in [1.54, 1.807) is 13.0 Å². The lowest BCUT2D eigenvalue weighted by Gasteiger charge is -2.09. The third-order valence-corrected chi connectivity index (χ3v) is 5.57. The molecule has 0 aliphatic heterocycles. The lowest BCUT2D eigenvalue weighted by molar-refractivity contribution is -0.136. The van der Waals surface area contributed by atoms with Gasteiger partial charge in [0.1, 0.15) is 11.1 Å². The molecule has 28 heavy (non-hydrogen) atoms. The molecule has 0 fully saturated rings. The normalized spacial score (nSPS) is 13.6. The lowest BCUT2D eigenvalue weighted by Crippen LogP contribution is -2.32. The number of carbonyl (C=O) groups excluding carboxylic acids is 2. The van der Waals surface area contributed by atoms with Crippen LogP contribution in [-0.2, 0) is 22.4 Å². The minimum atomic E-state index is -0.872. The van der Waals surface area contributed by atoms with Gasteiger partial charge >= 0.3 is 11.8 Å². The maximum Gasteiger partial charge on any atom is 0.329 e. The number of allylic oxidation sites excluding steroid dienone is 1. The zero-order valence-corrected chi connectivity index (χ0v) is 16.3. The Hall–Kier alpha value is -3.24. The SMILES string of the molecule is CC(C=Cc1ccccc1)=NNC(=O)C(=O)Nc1sc2c(c1C#N)CCCC2. The largest absolute Gasteiger partial charge is 0.329 e. The molecule has 2 amide bonds. The van der Waals surface area contributed by atoms with Gasteiger partial charge in [0.05, 0.1) is 11.3 Å². The molecule has 3 rings (SSSR count). The molecule has 1 aliphatic rings. The molecule has 0 radical (unpaired) electrons. The van der Waals surface area contributed by atoms with E-state index in [1.807, 2.05) is 36.4 Å². The molecule has 1 aromatic heterocycles. The van der Waals surface area contributed by atoms with Crippen LogP contribution in [0.4, 0.5) is 5.00 Å². The second kappa shape index (κ2) is 9.11. The molecule has 6 nitrogen and oxygen atoms in total. The number of rotatable bonds is 4. The van der Waals surface area contributed by atoms with Crippen molar-refractivity contribution in [3.05, 3.63) is 58.0 Å². The van der Waals surface area contributed by atoms with Gasteiger partial charge in [0, 0.05) is 4.88 Å². The van der Waals surface area contributed by atoms with Gasteiger partial charge in [-0.1, -0.05) is 36.4 Å². The van der Waals surface area contributed by atoms with Crippen molar-refractivity contribution < 1.29 is 9.59 Å². The van der Waals surface area contributed by atoms with Crippen LogP contribution >= 0.6 is 11.3 Å². The van der Waals surface area contributed by atoms with Crippen LogP contribution in [0.2, 0.25) is 0 Å². The van der Waals surface area contributed by atoms with Crippen molar-refractivity contribution in [2.24, 2.45) is 5.10 Å². The average Bonchev–Trinajstić information content (AvgIpc) is 3.08. The fraction of sp³-hybridized carbons (Fsp3) is 0.238. The van der Waals surface area contributed by atoms with E-state index < -0.39 is 11.8 Å². The molecule has 0 saturated carbocycles. The Bertz CT molecular complexity index is 984. The van der Waals surface area contributed by atoms with Gasteiger partial charge in [-0.25, -0.2) is 5.43 Å². The summed E-state index contributed by atoms with van der Waals surface area (Å²) in [4.78, 5) is 25.3. The van der Waals surface area contributed by atoms with Crippen molar-refractivity contribution in [3.63, 3.8) is 0 Å². The molecule has 7 heteroatoms. The molecule has 142 valence electrons. The van der Waals surface area contributed by atoms with Crippen LogP contribution in [-0.4, -0.2) is 17.5 Å². The second-order valence-corrected chi connectivity index (χ2v) is 7.52. The molecule has 2 aromatic rings. The topological polar surface area (TPSA) is 94.3 Å².